The van der Waals surface area contributed by atoms with E-state index < -0.39 is 10.0 Å². The van der Waals surface area contributed by atoms with Gasteiger partial charge in [-0.1, -0.05) is 65.7 Å². The van der Waals surface area contributed by atoms with Gasteiger partial charge in [-0.25, -0.2) is 8.42 Å². The predicted octanol–water partition coefficient (Wildman–Crippen LogP) is 6.82. The Morgan fingerprint density at radius 3 is 2.02 bits per heavy atom. The van der Waals surface area contributed by atoms with E-state index in [1.54, 1.807) is 72.8 Å². The largest absolute Gasteiger partial charge is 0.372 e. The summed E-state index contributed by atoms with van der Waals surface area (Å²) in [4.78, 5) is 15.9. The van der Waals surface area contributed by atoms with Crippen molar-refractivity contribution in [2.45, 2.75) is 38.8 Å². The van der Waals surface area contributed by atoms with Crippen LogP contribution >= 0.6 is 11.6 Å². The van der Waals surface area contributed by atoms with E-state index in [9.17, 15) is 13.2 Å². The lowest BCUT2D eigenvalue weighted by Gasteiger charge is -2.27. The fraction of sp³-hybridized carbons (Fsp3) is 0.219. The van der Waals surface area contributed by atoms with Crippen molar-refractivity contribution in [3.8, 4) is 0 Å². The SMILES string of the molecule is CCN(CC)c1ccc(CNC(=O)c2ccccc2N(Cc2ccc(Cl)cc2)S(=O)(=O)c2ccc(C)cc2)cc1. The minimum Gasteiger partial charge on any atom is -0.372 e. The quantitative estimate of drug-likeness (QED) is 0.213. The summed E-state index contributed by atoms with van der Waals surface area (Å²) in [7, 11) is -4.00. The van der Waals surface area contributed by atoms with E-state index in [2.05, 4.69) is 24.1 Å². The molecule has 6 nitrogen and oxygen atoms in total. The van der Waals surface area contributed by atoms with Crippen molar-refractivity contribution in [2.24, 2.45) is 0 Å². The molecule has 0 radical (unpaired) electrons. The second-order valence-corrected chi connectivity index (χ2v) is 11.8. The molecule has 0 aliphatic carbocycles. The maximum atomic E-state index is 14.0. The number of halogens is 1. The number of aryl methyl sites for hydroxylation is 1. The third-order valence-corrected chi connectivity index (χ3v) is 8.81. The van der Waals surface area contributed by atoms with Crippen molar-refractivity contribution < 1.29 is 13.2 Å². The highest BCUT2D eigenvalue weighted by Crippen LogP contribution is 2.30. The zero-order valence-electron chi connectivity index (χ0n) is 23.0. The Hall–Kier alpha value is -3.81. The van der Waals surface area contributed by atoms with Gasteiger partial charge < -0.3 is 10.2 Å². The third-order valence-electron chi connectivity index (χ3n) is 6.78. The highest BCUT2D eigenvalue weighted by atomic mass is 35.5. The monoisotopic (exact) mass is 575 g/mol. The number of benzene rings is 4. The molecule has 0 saturated heterocycles. The molecule has 4 aromatic rings. The molecule has 0 saturated carbocycles. The van der Waals surface area contributed by atoms with Crippen molar-refractivity contribution in [3.63, 3.8) is 0 Å². The number of hydrogen-bond acceptors (Lipinski definition) is 4. The summed E-state index contributed by atoms with van der Waals surface area (Å²) >= 11 is 6.07. The first-order valence-electron chi connectivity index (χ1n) is 13.3. The van der Waals surface area contributed by atoms with Crippen LogP contribution in [-0.4, -0.2) is 27.4 Å². The van der Waals surface area contributed by atoms with Crippen LogP contribution in [0.1, 0.15) is 40.9 Å². The van der Waals surface area contributed by atoms with E-state index in [0.717, 1.165) is 35.5 Å². The van der Waals surface area contributed by atoms with Crippen LogP contribution in [0.25, 0.3) is 0 Å². The van der Waals surface area contributed by atoms with Crippen LogP contribution in [0.4, 0.5) is 11.4 Å². The molecule has 208 valence electrons. The van der Waals surface area contributed by atoms with Crippen LogP contribution in [0.2, 0.25) is 5.02 Å². The van der Waals surface area contributed by atoms with Crippen molar-refractivity contribution in [1.29, 1.82) is 0 Å². The van der Waals surface area contributed by atoms with Gasteiger partial charge in [0.2, 0.25) is 0 Å². The van der Waals surface area contributed by atoms with Gasteiger partial charge in [0.25, 0.3) is 15.9 Å². The van der Waals surface area contributed by atoms with Crippen molar-refractivity contribution in [3.05, 3.63) is 124 Å². The van der Waals surface area contributed by atoms with Gasteiger partial charge in [-0.05, 0) is 80.4 Å². The van der Waals surface area contributed by atoms with Crippen LogP contribution in [0, 0.1) is 6.92 Å². The molecule has 4 rings (SSSR count). The average Bonchev–Trinajstić information content (AvgIpc) is 2.97. The fourth-order valence-corrected chi connectivity index (χ4v) is 6.06. The molecule has 1 N–H and O–H groups in total. The maximum Gasteiger partial charge on any atom is 0.264 e. The molecule has 1 amide bonds. The first-order chi connectivity index (χ1) is 19.2. The first-order valence-corrected chi connectivity index (χ1v) is 15.1. The lowest BCUT2D eigenvalue weighted by molar-refractivity contribution is 0.0951. The second kappa shape index (κ2) is 13.0. The number of amides is 1. The number of anilines is 2. The number of hydrogen-bond donors (Lipinski definition) is 1. The molecule has 0 spiro atoms. The van der Waals surface area contributed by atoms with Gasteiger partial charge >= 0.3 is 0 Å². The third kappa shape index (κ3) is 6.84. The van der Waals surface area contributed by atoms with Gasteiger partial charge in [-0.2, -0.15) is 0 Å². The number of nitrogens with zero attached hydrogens (tertiary/aromatic N) is 2. The number of carbonyl (C=O) groups is 1. The minimum absolute atomic E-state index is 0.0322. The summed E-state index contributed by atoms with van der Waals surface area (Å²) in [6.07, 6.45) is 0. The molecule has 0 aliphatic rings. The standard InChI is InChI=1S/C32H34ClN3O3S/c1-4-35(5-2)28-18-14-25(15-19-28)22-34-32(37)30-8-6-7-9-31(30)36(23-26-12-16-27(33)17-13-26)40(38,39)29-20-10-24(3)11-21-29/h6-21H,4-5,22-23H2,1-3H3,(H,34,37). The fourth-order valence-electron chi connectivity index (χ4n) is 4.47. The van der Waals surface area contributed by atoms with Gasteiger partial charge in [0.1, 0.15) is 0 Å². The molecular weight excluding hydrogens is 542 g/mol. The van der Waals surface area contributed by atoms with Gasteiger partial charge in [0, 0.05) is 30.3 Å². The molecule has 0 aliphatic heterocycles. The zero-order valence-corrected chi connectivity index (χ0v) is 24.5. The average molecular weight is 576 g/mol. The van der Waals surface area contributed by atoms with Crippen LogP contribution in [0.15, 0.2) is 102 Å². The molecule has 0 unspecified atom stereocenters. The number of carbonyl (C=O) groups excluding carboxylic acids is 1. The summed E-state index contributed by atoms with van der Waals surface area (Å²) in [5.41, 5.74) is 4.34. The van der Waals surface area contributed by atoms with Gasteiger partial charge in [-0.3, -0.25) is 9.10 Å². The van der Waals surface area contributed by atoms with Crippen molar-refractivity contribution in [2.75, 3.05) is 22.3 Å². The Bertz CT molecular complexity index is 1530. The number of rotatable bonds is 11. The van der Waals surface area contributed by atoms with E-state index in [1.807, 2.05) is 31.2 Å². The van der Waals surface area contributed by atoms with E-state index in [4.69, 9.17) is 11.6 Å². The smallest absolute Gasteiger partial charge is 0.264 e. The summed E-state index contributed by atoms with van der Waals surface area (Å²) in [5, 5.41) is 3.52. The highest BCUT2D eigenvalue weighted by molar-refractivity contribution is 7.92. The lowest BCUT2D eigenvalue weighted by Crippen LogP contribution is -2.33. The summed E-state index contributed by atoms with van der Waals surface area (Å²) in [5.74, 6) is -0.358. The van der Waals surface area contributed by atoms with Crippen LogP contribution in [0.3, 0.4) is 0 Å². The number of para-hydroxylation sites is 1. The molecule has 0 heterocycles. The molecule has 4 aromatic carbocycles. The van der Waals surface area contributed by atoms with Crippen LogP contribution < -0.4 is 14.5 Å². The Balaban J connectivity index is 1.64. The maximum absolute atomic E-state index is 14.0. The summed E-state index contributed by atoms with van der Waals surface area (Å²) in [6.45, 7) is 8.31. The van der Waals surface area contributed by atoms with Gasteiger partial charge in [0.05, 0.1) is 22.7 Å². The van der Waals surface area contributed by atoms with Crippen LogP contribution in [-0.2, 0) is 23.1 Å². The van der Waals surface area contributed by atoms with Gasteiger partial charge in [0.15, 0.2) is 0 Å². The summed E-state index contributed by atoms with van der Waals surface area (Å²) in [6, 6.07) is 28.6. The molecule has 40 heavy (non-hydrogen) atoms. The topological polar surface area (TPSA) is 69.7 Å². The van der Waals surface area contributed by atoms with Crippen molar-refractivity contribution in [1.82, 2.24) is 5.32 Å². The Morgan fingerprint density at radius 1 is 0.800 bits per heavy atom. The minimum atomic E-state index is -4.00. The molecule has 0 aromatic heterocycles. The van der Waals surface area contributed by atoms with Gasteiger partial charge in [-0.15, -0.1) is 0 Å². The van der Waals surface area contributed by atoms with Crippen molar-refractivity contribution >= 4 is 38.9 Å². The lowest BCUT2D eigenvalue weighted by atomic mass is 10.1. The highest BCUT2D eigenvalue weighted by Gasteiger charge is 2.28. The van der Waals surface area contributed by atoms with E-state index in [-0.39, 0.29) is 22.9 Å². The molecule has 0 bridgehead atoms. The number of sulfonamides is 1. The summed E-state index contributed by atoms with van der Waals surface area (Å²) < 4.78 is 29.2. The Labute approximate surface area is 242 Å². The normalized spacial score (nSPS) is 11.2. The van der Waals surface area contributed by atoms with E-state index in [0.29, 0.717) is 17.3 Å². The van der Waals surface area contributed by atoms with E-state index >= 15 is 0 Å². The van der Waals surface area contributed by atoms with Crippen LogP contribution in [0.5, 0.6) is 0 Å². The second-order valence-electron chi connectivity index (χ2n) is 9.49. The predicted molar refractivity (Wildman–Crippen MR) is 164 cm³/mol. The Kier molecular flexibility index (Phi) is 9.50. The Morgan fingerprint density at radius 2 is 1.40 bits per heavy atom. The first kappa shape index (κ1) is 29.2. The van der Waals surface area contributed by atoms with E-state index in [1.165, 1.54) is 4.31 Å². The molecule has 0 atom stereocenters. The zero-order chi connectivity index (χ0) is 28.7. The molecule has 8 heteroatoms. The number of nitrogens with one attached hydrogen (secondary N) is 1. The molecule has 0 fully saturated rings. The molecular formula is C32H34ClN3O3S.